The lowest BCUT2D eigenvalue weighted by Crippen LogP contribution is -2.62. The van der Waals surface area contributed by atoms with E-state index in [0.29, 0.717) is 6.42 Å². The summed E-state index contributed by atoms with van der Waals surface area (Å²) >= 11 is 0. The van der Waals surface area contributed by atoms with Crippen molar-refractivity contribution in [3.8, 4) is 0 Å². The van der Waals surface area contributed by atoms with Crippen LogP contribution in [0.15, 0.2) is 4.99 Å². The predicted octanol–water partition coefficient (Wildman–Crippen LogP) is -3.97. The van der Waals surface area contributed by atoms with E-state index in [1.807, 2.05) is 0 Å². The van der Waals surface area contributed by atoms with E-state index in [4.69, 9.17) is 22.9 Å². The highest BCUT2D eigenvalue weighted by Crippen LogP contribution is 2.14. The second-order valence-electron chi connectivity index (χ2n) is 21.9. The Morgan fingerprint density at radius 2 is 0.729 bits per heavy atom. The molecule has 0 aromatic carbocycles. The number of nitrogens with one attached hydrogen (secondary N) is 9. The van der Waals surface area contributed by atoms with Gasteiger partial charge in [-0.25, -0.2) is 4.79 Å². The Bertz CT molecular complexity index is 2350. The monoisotopic (exact) mass is 1210 g/mol. The molecular formula is C52H90N14O19. The highest BCUT2D eigenvalue weighted by atomic mass is 16.4. The summed E-state index contributed by atoms with van der Waals surface area (Å²) in [5.74, 6) is -19.1. The molecule has 33 heteroatoms. The van der Waals surface area contributed by atoms with Crippen LogP contribution in [0, 0.1) is 23.7 Å². The lowest BCUT2D eigenvalue weighted by molar-refractivity contribution is -0.147. The van der Waals surface area contributed by atoms with Crippen molar-refractivity contribution in [3.05, 3.63) is 0 Å². The number of nitrogens with zero attached hydrogens (tertiary/aromatic N) is 1. The number of hydrogen-bond acceptors (Lipinski definition) is 17. The minimum absolute atomic E-state index is 0.00288. The number of guanidine groups is 1. The molecule has 0 saturated carbocycles. The molecule has 0 aliphatic carbocycles. The van der Waals surface area contributed by atoms with Gasteiger partial charge in [0.2, 0.25) is 53.2 Å². The van der Waals surface area contributed by atoms with Gasteiger partial charge in [-0.2, -0.15) is 0 Å². The number of carbonyl (C=O) groups excluding carboxylic acids is 9. The molecule has 0 heterocycles. The summed E-state index contributed by atoms with van der Waals surface area (Å²) in [4.78, 5) is 186. The number of aliphatic imine (C=N–C) groups is 1. The SMILES string of the molecule is CC(C)C[C@H](NC(=O)[C@H](CCC(=O)O)NC(=O)[C@H](CC(=O)O)NC(=O)[C@@H](N)CCCN=C(N)N)C(=O)N[C@@H](CCC(=O)O)C(=O)N[C@H](C(=O)N[C@H](C(=O)N[C@@H](CC(C)C)C(=O)N[C@@H](CCCCN)C(=O)N[C@@H](CC(=O)O)C(=O)O)C(C)C)C(C)C. The number of unbranched alkanes of at least 4 members (excludes halogenated alkanes) is 1. The number of nitrogens with two attached hydrogens (primary N) is 4. The fraction of sp³-hybridized carbons (Fsp3) is 0.712. The number of amides is 9. The van der Waals surface area contributed by atoms with E-state index in [2.05, 4.69) is 52.8 Å². The molecule has 0 rings (SSSR count). The van der Waals surface area contributed by atoms with Crippen molar-refractivity contribution in [1.82, 2.24) is 47.9 Å². The summed E-state index contributed by atoms with van der Waals surface area (Å²) in [7, 11) is 0. The molecule has 0 fully saturated rings. The molecule has 0 aromatic rings. The Labute approximate surface area is 492 Å². The second-order valence-corrected chi connectivity index (χ2v) is 21.9. The summed E-state index contributed by atoms with van der Waals surface area (Å²) in [6, 6.07) is -15.7. The van der Waals surface area contributed by atoms with Crippen molar-refractivity contribution in [1.29, 1.82) is 0 Å². The maximum Gasteiger partial charge on any atom is 0.326 e. The minimum atomic E-state index is -1.85. The van der Waals surface area contributed by atoms with Gasteiger partial charge in [-0.3, -0.25) is 67.3 Å². The van der Waals surface area contributed by atoms with Gasteiger partial charge in [0.15, 0.2) is 5.96 Å². The first-order chi connectivity index (χ1) is 39.5. The Morgan fingerprint density at radius 1 is 0.388 bits per heavy atom. The topological polar surface area (TPSA) is 565 Å². The predicted molar refractivity (Wildman–Crippen MR) is 303 cm³/mol. The fourth-order valence-corrected chi connectivity index (χ4v) is 8.12. The van der Waals surface area contributed by atoms with Gasteiger partial charge in [0.05, 0.1) is 18.9 Å². The second kappa shape index (κ2) is 39.3. The van der Waals surface area contributed by atoms with Gasteiger partial charge in [0, 0.05) is 19.4 Å². The average molecular weight is 1220 g/mol. The number of rotatable bonds is 43. The van der Waals surface area contributed by atoms with Crippen LogP contribution in [0.2, 0.25) is 0 Å². The Morgan fingerprint density at radius 3 is 1.12 bits per heavy atom. The third-order valence-electron chi connectivity index (χ3n) is 12.6. The van der Waals surface area contributed by atoms with E-state index >= 15 is 0 Å². The Hall–Kier alpha value is -8.23. The van der Waals surface area contributed by atoms with Gasteiger partial charge in [-0.15, -0.1) is 0 Å². The third-order valence-corrected chi connectivity index (χ3v) is 12.6. The van der Waals surface area contributed by atoms with E-state index in [0.717, 1.165) is 0 Å². The first-order valence-electron chi connectivity index (χ1n) is 27.9. The van der Waals surface area contributed by atoms with E-state index < -0.39 is 200 Å². The molecule has 0 aromatic heterocycles. The quantitative estimate of drug-likeness (QED) is 0.0157. The van der Waals surface area contributed by atoms with Gasteiger partial charge >= 0.3 is 29.8 Å². The lowest BCUT2D eigenvalue weighted by Gasteiger charge is -2.30. The number of carboxylic acids is 5. The van der Waals surface area contributed by atoms with Crippen molar-refractivity contribution in [2.75, 3.05) is 13.1 Å². The molecule has 85 heavy (non-hydrogen) atoms. The molecule has 0 aliphatic heterocycles. The van der Waals surface area contributed by atoms with Crippen molar-refractivity contribution in [2.24, 2.45) is 51.6 Å². The van der Waals surface area contributed by atoms with Gasteiger partial charge in [0.25, 0.3) is 0 Å². The summed E-state index contributed by atoms with van der Waals surface area (Å²) < 4.78 is 0. The molecule has 22 N–H and O–H groups in total. The highest BCUT2D eigenvalue weighted by molar-refractivity contribution is 5.99. The maximum absolute atomic E-state index is 14.1. The molecule has 0 bridgehead atoms. The van der Waals surface area contributed by atoms with Crippen LogP contribution in [0.4, 0.5) is 0 Å². The number of aliphatic carboxylic acids is 5. The highest BCUT2D eigenvalue weighted by Gasteiger charge is 2.38. The van der Waals surface area contributed by atoms with E-state index in [1.165, 1.54) is 13.8 Å². The summed E-state index contributed by atoms with van der Waals surface area (Å²) in [5, 5.41) is 68.9. The molecule has 0 spiro atoms. The lowest BCUT2D eigenvalue weighted by atomic mass is 9.97. The summed E-state index contributed by atoms with van der Waals surface area (Å²) in [5.41, 5.74) is 22.1. The molecular weight excluding hydrogens is 1120 g/mol. The summed E-state index contributed by atoms with van der Waals surface area (Å²) in [6.45, 7) is 13.2. The van der Waals surface area contributed by atoms with Crippen LogP contribution < -0.4 is 70.8 Å². The van der Waals surface area contributed by atoms with Crippen LogP contribution >= 0.6 is 0 Å². The first-order valence-corrected chi connectivity index (χ1v) is 27.9. The normalized spacial score (nSPS) is 14.7. The number of carbonyl (C=O) groups is 14. The standard InChI is InChI=1S/C52H90N14O19/c1-24(2)20-32(62-44(77)30(14-16-36(67)68)59-48(81)34(22-38(71)72)61-42(75)28(54)12-11-19-57-52(55)56)46(79)60-31(15-17-37(69)70)45(78)65-41(27(7)8)50(83)66-40(26(5)6)49(82)63-33(21-25(3)4)47(80)58-29(13-9-10-18-53)43(76)64-35(51(84)85)23-39(73)74/h24-35,40-41H,9-23,53-54H2,1-8H3,(H,58,80)(H,59,81)(H,60,79)(H,61,75)(H,62,77)(H,63,82)(H,64,76)(H,65,78)(H,66,83)(H,67,68)(H,69,70)(H,71,72)(H,73,74)(H,84,85)(H4,55,56,57)/t28-,29-,30-,31-,32-,33-,34-,35-,40-,41-/m0/s1. The zero-order chi connectivity index (χ0) is 65.4. The van der Waals surface area contributed by atoms with Crippen LogP contribution in [-0.2, 0) is 67.1 Å². The Balaban J connectivity index is 6.79. The smallest absolute Gasteiger partial charge is 0.326 e. The van der Waals surface area contributed by atoms with Crippen LogP contribution in [0.3, 0.4) is 0 Å². The molecule has 33 nitrogen and oxygen atoms in total. The third kappa shape index (κ3) is 31.9. The van der Waals surface area contributed by atoms with Gasteiger partial charge in [-0.05, 0) is 88.0 Å². The average Bonchev–Trinajstić information content (AvgIpc) is 3.58. The zero-order valence-electron chi connectivity index (χ0n) is 49.4. The molecule has 9 amide bonds. The molecule has 10 atom stereocenters. The fourth-order valence-electron chi connectivity index (χ4n) is 8.12. The first kappa shape index (κ1) is 76.8. The van der Waals surface area contributed by atoms with Gasteiger partial charge < -0.3 is 96.3 Å². The van der Waals surface area contributed by atoms with E-state index in [9.17, 15) is 92.7 Å². The molecule has 0 saturated heterocycles. The van der Waals surface area contributed by atoms with E-state index in [-0.39, 0.29) is 63.5 Å². The molecule has 0 aliphatic rings. The Kier molecular flexibility index (Phi) is 35.5. The molecule has 0 radical (unpaired) electrons. The molecule has 482 valence electrons. The zero-order valence-corrected chi connectivity index (χ0v) is 49.4. The maximum atomic E-state index is 14.1. The van der Waals surface area contributed by atoms with Gasteiger partial charge in [-0.1, -0.05) is 55.4 Å². The van der Waals surface area contributed by atoms with Gasteiger partial charge in [0.1, 0.15) is 54.4 Å². The molecule has 0 unspecified atom stereocenters. The summed E-state index contributed by atoms with van der Waals surface area (Å²) in [6.07, 6.45) is -4.00. The minimum Gasteiger partial charge on any atom is -0.481 e. The van der Waals surface area contributed by atoms with E-state index in [1.54, 1.807) is 41.5 Å². The van der Waals surface area contributed by atoms with Crippen LogP contribution in [0.5, 0.6) is 0 Å². The van der Waals surface area contributed by atoms with Crippen molar-refractivity contribution >= 4 is 89.0 Å². The number of hydrogen-bond donors (Lipinski definition) is 18. The van der Waals surface area contributed by atoms with Crippen LogP contribution in [0.25, 0.3) is 0 Å². The van der Waals surface area contributed by atoms with Crippen molar-refractivity contribution in [3.63, 3.8) is 0 Å². The largest absolute Gasteiger partial charge is 0.481 e. The van der Waals surface area contributed by atoms with Crippen LogP contribution in [0.1, 0.15) is 139 Å². The van der Waals surface area contributed by atoms with Crippen molar-refractivity contribution < 1.29 is 92.7 Å². The van der Waals surface area contributed by atoms with Crippen LogP contribution in [-0.4, -0.2) is 188 Å². The number of carboxylic acid groups (broad SMARTS) is 5. The van der Waals surface area contributed by atoms with Crippen molar-refractivity contribution in [2.45, 2.75) is 199 Å².